The fourth-order valence-electron chi connectivity index (χ4n) is 3.59. The van der Waals surface area contributed by atoms with Crippen molar-refractivity contribution < 1.29 is 9.59 Å². The van der Waals surface area contributed by atoms with E-state index in [0.717, 1.165) is 30.4 Å². The lowest BCUT2D eigenvalue weighted by Gasteiger charge is -2.34. The second-order valence-electron chi connectivity index (χ2n) is 6.78. The molecule has 0 radical (unpaired) electrons. The van der Waals surface area contributed by atoms with Gasteiger partial charge in [0, 0.05) is 38.3 Å². The molecule has 26 heavy (non-hydrogen) atoms. The third-order valence-electron chi connectivity index (χ3n) is 4.90. The van der Waals surface area contributed by atoms with Crippen LogP contribution in [0.4, 0.5) is 5.95 Å². The molecular formula is C17H25N7O2. The van der Waals surface area contributed by atoms with Crippen molar-refractivity contribution in [2.75, 3.05) is 31.1 Å². The molecule has 9 heteroatoms. The molecule has 0 spiro atoms. The molecule has 0 aliphatic carbocycles. The number of nitrogens with zero attached hydrogens (tertiary/aromatic N) is 6. The third-order valence-corrected chi connectivity index (χ3v) is 4.90. The Kier molecular flexibility index (Phi) is 5.06. The highest BCUT2D eigenvalue weighted by molar-refractivity contribution is 5.96. The Morgan fingerprint density at radius 1 is 1.23 bits per heavy atom. The summed E-state index contributed by atoms with van der Waals surface area (Å²) in [6.07, 6.45) is 1.85. The molecule has 2 aromatic rings. The summed E-state index contributed by atoms with van der Waals surface area (Å²) in [6, 6.07) is -0.0957. The van der Waals surface area contributed by atoms with Gasteiger partial charge in [0.15, 0.2) is 5.78 Å². The predicted molar refractivity (Wildman–Crippen MR) is 96.2 cm³/mol. The lowest BCUT2D eigenvalue weighted by atomic mass is 10.1. The highest BCUT2D eigenvalue weighted by Crippen LogP contribution is 2.21. The Bertz CT molecular complexity index is 788. The Morgan fingerprint density at radius 2 is 1.92 bits per heavy atom. The number of rotatable bonds is 5. The molecule has 0 unspecified atom stereocenters. The van der Waals surface area contributed by atoms with Crippen LogP contribution in [0.25, 0.3) is 0 Å². The lowest BCUT2D eigenvalue weighted by molar-refractivity contribution is -0.132. The van der Waals surface area contributed by atoms with Gasteiger partial charge >= 0.3 is 0 Å². The molecular weight excluding hydrogens is 334 g/mol. The number of nitrogens with one attached hydrogen (secondary N) is 1. The van der Waals surface area contributed by atoms with Gasteiger partial charge in [0.2, 0.25) is 11.9 Å². The standard InChI is InChI=1S/C17H25N7O2/c1-11(24-13(3)16(14(4)25)12(2)21-24)9-15(26)22-5-7-23(8-6-22)17-18-10-19-20-17/h10-11H,5-9H2,1-4H3,(H,18,19,20)/t11-/m1/s1. The summed E-state index contributed by atoms with van der Waals surface area (Å²) in [5, 5.41) is 11.2. The molecule has 140 valence electrons. The van der Waals surface area contributed by atoms with E-state index in [-0.39, 0.29) is 17.7 Å². The molecule has 3 heterocycles. The monoisotopic (exact) mass is 359 g/mol. The van der Waals surface area contributed by atoms with Crippen molar-refractivity contribution in [3.8, 4) is 0 Å². The first-order valence-electron chi connectivity index (χ1n) is 8.83. The van der Waals surface area contributed by atoms with Crippen LogP contribution in [-0.2, 0) is 4.79 Å². The van der Waals surface area contributed by atoms with Gasteiger partial charge < -0.3 is 9.80 Å². The molecule has 0 aromatic carbocycles. The molecule has 9 nitrogen and oxygen atoms in total. The Morgan fingerprint density at radius 3 is 2.46 bits per heavy atom. The van der Waals surface area contributed by atoms with E-state index in [9.17, 15) is 9.59 Å². The molecule has 0 saturated carbocycles. The van der Waals surface area contributed by atoms with Gasteiger partial charge in [-0.05, 0) is 27.7 Å². The van der Waals surface area contributed by atoms with Gasteiger partial charge in [0.05, 0.1) is 17.3 Å². The topological polar surface area (TPSA) is 100 Å². The normalized spacial score (nSPS) is 16.0. The van der Waals surface area contributed by atoms with Crippen molar-refractivity contribution in [3.63, 3.8) is 0 Å². The highest BCUT2D eigenvalue weighted by atomic mass is 16.2. The van der Waals surface area contributed by atoms with E-state index in [1.807, 2.05) is 25.7 Å². The molecule has 1 aliphatic rings. The van der Waals surface area contributed by atoms with E-state index in [1.165, 1.54) is 6.33 Å². The van der Waals surface area contributed by atoms with E-state index in [0.29, 0.717) is 25.1 Å². The first-order valence-corrected chi connectivity index (χ1v) is 8.83. The van der Waals surface area contributed by atoms with Crippen LogP contribution >= 0.6 is 0 Å². The lowest BCUT2D eigenvalue weighted by Crippen LogP contribution is -2.49. The number of carbonyl (C=O) groups is 2. The van der Waals surface area contributed by atoms with E-state index >= 15 is 0 Å². The number of Topliss-reactive ketones (excluding diaryl/α,β-unsaturated/α-hetero) is 1. The molecule has 0 bridgehead atoms. The van der Waals surface area contributed by atoms with E-state index in [2.05, 4.69) is 25.2 Å². The molecule has 1 amide bonds. The van der Waals surface area contributed by atoms with Crippen molar-refractivity contribution in [1.82, 2.24) is 29.9 Å². The van der Waals surface area contributed by atoms with E-state index in [4.69, 9.17) is 0 Å². The molecule has 1 saturated heterocycles. The zero-order chi connectivity index (χ0) is 18.8. The van der Waals surface area contributed by atoms with Crippen molar-refractivity contribution in [1.29, 1.82) is 0 Å². The minimum absolute atomic E-state index is 0.00770. The van der Waals surface area contributed by atoms with Crippen LogP contribution in [0.2, 0.25) is 0 Å². The van der Waals surface area contributed by atoms with Gasteiger partial charge in [-0.15, -0.1) is 0 Å². The van der Waals surface area contributed by atoms with Gasteiger partial charge in [0.1, 0.15) is 6.33 Å². The molecule has 1 atom stereocenters. The predicted octanol–water partition coefficient (Wildman–Crippen LogP) is 1.12. The minimum Gasteiger partial charge on any atom is -0.339 e. The number of anilines is 1. The minimum atomic E-state index is -0.0957. The zero-order valence-electron chi connectivity index (χ0n) is 15.7. The molecule has 1 fully saturated rings. The summed E-state index contributed by atoms with van der Waals surface area (Å²) in [4.78, 5) is 32.6. The second-order valence-corrected chi connectivity index (χ2v) is 6.78. The fourth-order valence-corrected chi connectivity index (χ4v) is 3.59. The number of aryl methyl sites for hydroxylation is 1. The zero-order valence-corrected chi connectivity index (χ0v) is 15.7. The molecule has 1 aliphatic heterocycles. The number of aromatic nitrogens is 5. The third kappa shape index (κ3) is 3.47. The quantitative estimate of drug-likeness (QED) is 0.803. The maximum atomic E-state index is 12.7. The Balaban J connectivity index is 1.60. The van der Waals surface area contributed by atoms with Crippen LogP contribution in [0, 0.1) is 13.8 Å². The summed E-state index contributed by atoms with van der Waals surface area (Å²) in [6.45, 7) is 9.99. The van der Waals surface area contributed by atoms with Gasteiger partial charge in [-0.2, -0.15) is 15.2 Å². The maximum Gasteiger partial charge on any atom is 0.224 e. The fraction of sp³-hybridized carbons (Fsp3) is 0.588. The Labute approximate surface area is 152 Å². The summed E-state index contributed by atoms with van der Waals surface area (Å²) >= 11 is 0. The van der Waals surface area contributed by atoms with E-state index < -0.39 is 0 Å². The number of piperazine rings is 1. The van der Waals surface area contributed by atoms with Crippen molar-refractivity contribution in [2.45, 2.75) is 40.2 Å². The smallest absolute Gasteiger partial charge is 0.224 e. The van der Waals surface area contributed by atoms with Crippen molar-refractivity contribution >= 4 is 17.6 Å². The average molecular weight is 359 g/mol. The molecule has 2 aromatic heterocycles. The first kappa shape index (κ1) is 18.1. The van der Waals surface area contributed by atoms with Crippen molar-refractivity contribution in [2.24, 2.45) is 0 Å². The summed E-state index contributed by atoms with van der Waals surface area (Å²) in [5.74, 6) is 0.852. The van der Waals surface area contributed by atoms with Crippen LogP contribution in [0.3, 0.4) is 0 Å². The van der Waals surface area contributed by atoms with Crippen LogP contribution < -0.4 is 4.90 Å². The molecule has 1 N–H and O–H groups in total. The Hall–Kier alpha value is -2.71. The van der Waals surface area contributed by atoms with Crippen LogP contribution in [0.15, 0.2) is 6.33 Å². The number of H-pyrrole nitrogens is 1. The van der Waals surface area contributed by atoms with Crippen molar-refractivity contribution in [3.05, 3.63) is 23.3 Å². The largest absolute Gasteiger partial charge is 0.339 e. The number of ketones is 1. The summed E-state index contributed by atoms with van der Waals surface area (Å²) in [7, 11) is 0. The number of carbonyl (C=O) groups excluding carboxylic acids is 2. The second kappa shape index (κ2) is 7.27. The number of aromatic amines is 1. The van der Waals surface area contributed by atoms with E-state index in [1.54, 1.807) is 11.6 Å². The van der Waals surface area contributed by atoms with Gasteiger partial charge in [-0.25, -0.2) is 5.10 Å². The number of amides is 1. The summed E-state index contributed by atoms with van der Waals surface area (Å²) < 4.78 is 1.80. The maximum absolute atomic E-state index is 12.7. The van der Waals surface area contributed by atoms with Gasteiger partial charge in [0.25, 0.3) is 0 Å². The van der Waals surface area contributed by atoms with Crippen LogP contribution in [-0.4, -0.2) is 67.7 Å². The summed E-state index contributed by atoms with van der Waals surface area (Å²) in [5.41, 5.74) is 2.20. The SMILES string of the molecule is CC(=O)c1c(C)nn([C@H](C)CC(=O)N2CCN(c3ncn[nH]3)CC2)c1C. The first-order chi connectivity index (χ1) is 12.4. The van der Waals surface area contributed by atoms with Crippen LogP contribution in [0.5, 0.6) is 0 Å². The number of hydrogen-bond donors (Lipinski definition) is 1. The average Bonchev–Trinajstić information content (AvgIpc) is 3.23. The molecule has 3 rings (SSSR count). The highest BCUT2D eigenvalue weighted by Gasteiger charge is 2.25. The number of hydrogen-bond acceptors (Lipinski definition) is 6. The van der Waals surface area contributed by atoms with Crippen LogP contribution in [0.1, 0.15) is 48.1 Å². The van der Waals surface area contributed by atoms with Gasteiger partial charge in [-0.1, -0.05) is 0 Å². The van der Waals surface area contributed by atoms with Gasteiger partial charge in [-0.3, -0.25) is 14.3 Å².